The van der Waals surface area contributed by atoms with Crippen LogP contribution in [0.3, 0.4) is 0 Å². The van der Waals surface area contributed by atoms with Gasteiger partial charge in [-0.15, -0.1) is 0 Å². The van der Waals surface area contributed by atoms with E-state index in [1.165, 1.54) is 0 Å². The zero-order valence-electron chi connectivity index (χ0n) is 5.81. The molecule has 0 bridgehead atoms. The molecular weight excluding hydrogens is 103 g/mol. The van der Waals surface area contributed by atoms with Crippen LogP contribution in [-0.4, -0.2) is 27.9 Å². The van der Waals surface area contributed by atoms with Crippen LogP contribution in [0.4, 0.5) is 0 Å². The molecular formula is C5H13BO2. The monoisotopic (exact) mass is 116 g/mol. The molecule has 0 saturated heterocycles. The second kappa shape index (κ2) is 5.13. The molecule has 3 heteroatoms. The summed E-state index contributed by atoms with van der Waals surface area (Å²) in [5.41, 5.74) is 0. The van der Waals surface area contributed by atoms with Crippen molar-refractivity contribution in [3.8, 4) is 0 Å². The molecule has 0 saturated carbocycles. The molecule has 0 aliphatic rings. The highest BCUT2D eigenvalue weighted by Crippen LogP contribution is 1.94. The lowest BCUT2D eigenvalue weighted by Gasteiger charge is -2.11. The number of hydrogen-bond acceptors (Lipinski definition) is 2. The van der Waals surface area contributed by atoms with Crippen LogP contribution in [-0.2, 0) is 9.47 Å². The van der Waals surface area contributed by atoms with Gasteiger partial charge in [-0.25, -0.2) is 0 Å². The summed E-state index contributed by atoms with van der Waals surface area (Å²) in [6.45, 7) is 2.69. The fourth-order valence-electron chi connectivity index (χ4n) is 0.538. The van der Waals surface area contributed by atoms with Crippen LogP contribution < -0.4 is 0 Å². The van der Waals surface area contributed by atoms with Crippen molar-refractivity contribution >= 4 is 7.85 Å². The minimum Gasteiger partial charge on any atom is -0.357 e. The molecule has 0 N–H and O–H groups in total. The van der Waals surface area contributed by atoms with Crippen LogP contribution >= 0.6 is 0 Å². The Morgan fingerprint density at radius 1 is 1.62 bits per heavy atom. The molecule has 1 atom stereocenters. The standard InChI is InChI=1S/C5H13BO2/c1-3-8-5(4-6)7-2/h5H,3-4,6H2,1-2H3. The van der Waals surface area contributed by atoms with Gasteiger partial charge in [0.05, 0.1) is 0 Å². The van der Waals surface area contributed by atoms with Crippen LogP contribution in [0.25, 0.3) is 0 Å². The molecule has 8 heavy (non-hydrogen) atoms. The largest absolute Gasteiger partial charge is 0.357 e. The zero-order valence-corrected chi connectivity index (χ0v) is 5.81. The number of hydrogen-bond donors (Lipinski definition) is 0. The van der Waals surface area contributed by atoms with Gasteiger partial charge in [0.15, 0.2) is 0 Å². The Hall–Kier alpha value is -0.0151. The van der Waals surface area contributed by atoms with Crippen LogP contribution in [0.15, 0.2) is 0 Å². The number of rotatable bonds is 4. The topological polar surface area (TPSA) is 18.5 Å². The summed E-state index contributed by atoms with van der Waals surface area (Å²) in [5, 5.41) is 0. The summed E-state index contributed by atoms with van der Waals surface area (Å²) in [6, 6.07) is 0. The minimum atomic E-state index is -0.000000000000000444. The minimum absolute atomic E-state index is 0.000000000000000444. The van der Waals surface area contributed by atoms with Crippen LogP contribution in [0.5, 0.6) is 0 Å². The first-order valence-electron chi connectivity index (χ1n) is 2.99. The number of methoxy groups -OCH3 is 1. The van der Waals surface area contributed by atoms with Gasteiger partial charge in [-0.3, -0.25) is 0 Å². The van der Waals surface area contributed by atoms with Gasteiger partial charge in [0.25, 0.3) is 0 Å². The SMILES string of the molecule is BCC(OC)OCC. The van der Waals surface area contributed by atoms with Gasteiger partial charge < -0.3 is 9.47 Å². The van der Waals surface area contributed by atoms with E-state index in [4.69, 9.17) is 9.47 Å². The lowest BCUT2D eigenvalue weighted by molar-refractivity contribution is -0.106. The zero-order chi connectivity index (χ0) is 6.41. The van der Waals surface area contributed by atoms with Crippen LogP contribution in [0.2, 0.25) is 6.32 Å². The van der Waals surface area contributed by atoms with E-state index in [2.05, 4.69) is 0 Å². The van der Waals surface area contributed by atoms with E-state index in [0.717, 1.165) is 12.9 Å². The van der Waals surface area contributed by atoms with Crippen molar-refractivity contribution in [1.82, 2.24) is 0 Å². The van der Waals surface area contributed by atoms with Gasteiger partial charge in [-0.2, -0.15) is 0 Å². The van der Waals surface area contributed by atoms with Gasteiger partial charge >= 0.3 is 0 Å². The highest BCUT2D eigenvalue weighted by molar-refractivity contribution is 6.08. The summed E-state index contributed by atoms with van der Waals surface area (Å²) < 4.78 is 10.0. The Labute approximate surface area is 51.6 Å². The van der Waals surface area contributed by atoms with E-state index < -0.39 is 0 Å². The maximum atomic E-state index is 5.12. The third-order valence-corrected chi connectivity index (χ3v) is 0.949. The van der Waals surface area contributed by atoms with Gasteiger partial charge in [0, 0.05) is 13.7 Å². The fraction of sp³-hybridized carbons (Fsp3) is 1.00. The third kappa shape index (κ3) is 3.05. The second-order valence-electron chi connectivity index (χ2n) is 1.53. The van der Waals surface area contributed by atoms with Crippen molar-refractivity contribution in [3.63, 3.8) is 0 Å². The van der Waals surface area contributed by atoms with Crippen LogP contribution in [0, 0.1) is 0 Å². The van der Waals surface area contributed by atoms with Crippen molar-refractivity contribution in [2.45, 2.75) is 19.5 Å². The summed E-state index contributed by atoms with van der Waals surface area (Å²) in [6.07, 6.45) is 0.921. The quantitative estimate of drug-likeness (QED) is 0.381. The van der Waals surface area contributed by atoms with Crippen molar-refractivity contribution in [2.75, 3.05) is 13.7 Å². The Balaban J connectivity index is 3.07. The van der Waals surface area contributed by atoms with E-state index in [9.17, 15) is 0 Å². The Kier molecular flexibility index (Phi) is 5.12. The van der Waals surface area contributed by atoms with E-state index in [1.807, 2.05) is 14.8 Å². The number of ether oxygens (including phenoxy) is 2. The molecule has 0 heterocycles. The Morgan fingerprint density at radius 3 is 2.38 bits per heavy atom. The summed E-state index contributed by atoms with van der Waals surface area (Å²) in [5.74, 6) is 0. The average molecular weight is 116 g/mol. The molecule has 1 unspecified atom stereocenters. The molecule has 0 aliphatic heterocycles. The van der Waals surface area contributed by atoms with E-state index in [-0.39, 0.29) is 6.29 Å². The second-order valence-corrected chi connectivity index (χ2v) is 1.53. The van der Waals surface area contributed by atoms with Crippen molar-refractivity contribution < 1.29 is 9.47 Å². The van der Waals surface area contributed by atoms with Crippen molar-refractivity contribution in [3.05, 3.63) is 0 Å². The highest BCUT2D eigenvalue weighted by atomic mass is 16.7. The molecule has 48 valence electrons. The Morgan fingerprint density at radius 2 is 2.25 bits per heavy atom. The van der Waals surface area contributed by atoms with Gasteiger partial charge in [0.2, 0.25) is 0 Å². The first kappa shape index (κ1) is 7.98. The van der Waals surface area contributed by atoms with Crippen molar-refractivity contribution in [1.29, 1.82) is 0 Å². The third-order valence-electron chi connectivity index (χ3n) is 0.949. The van der Waals surface area contributed by atoms with E-state index in [1.54, 1.807) is 7.11 Å². The normalized spacial score (nSPS) is 13.8. The Bertz CT molecular complexity index is 45.7. The van der Waals surface area contributed by atoms with Gasteiger partial charge in [0.1, 0.15) is 14.1 Å². The molecule has 2 nitrogen and oxygen atoms in total. The summed E-state index contributed by atoms with van der Waals surface area (Å²) >= 11 is 0. The first-order valence-corrected chi connectivity index (χ1v) is 2.99. The molecule has 0 fully saturated rings. The lowest BCUT2D eigenvalue weighted by atomic mass is 10.1. The summed E-state index contributed by atoms with van der Waals surface area (Å²) in [4.78, 5) is 0. The molecule has 0 rings (SSSR count). The van der Waals surface area contributed by atoms with E-state index >= 15 is 0 Å². The summed E-state index contributed by atoms with van der Waals surface area (Å²) in [7, 11) is 3.69. The lowest BCUT2D eigenvalue weighted by Crippen LogP contribution is -2.13. The maximum absolute atomic E-state index is 5.12. The fourth-order valence-corrected chi connectivity index (χ4v) is 0.538. The predicted octanol–water partition coefficient (Wildman–Crippen LogP) is 0.0468. The predicted molar refractivity (Wildman–Crippen MR) is 35.8 cm³/mol. The molecule has 0 radical (unpaired) electrons. The molecule has 0 amide bonds. The highest BCUT2D eigenvalue weighted by Gasteiger charge is 1.99. The maximum Gasteiger partial charge on any atom is 0.150 e. The van der Waals surface area contributed by atoms with E-state index in [0.29, 0.717) is 0 Å². The first-order chi connectivity index (χ1) is 3.85. The molecule has 0 aromatic heterocycles. The van der Waals surface area contributed by atoms with Gasteiger partial charge in [-0.05, 0) is 13.2 Å². The van der Waals surface area contributed by atoms with Crippen LogP contribution in [0.1, 0.15) is 6.92 Å². The molecule has 0 spiro atoms. The van der Waals surface area contributed by atoms with Gasteiger partial charge in [-0.1, -0.05) is 0 Å². The average Bonchev–Trinajstić information content (AvgIpc) is 1.83. The molecule has 0 aliphatic carbocycles. The molecule has 0 aromatic carbocycles. The van der Waals surface area contributed by atoms with Crippen molar-refractivity contribution in [2.24, 2.45) is 0 Å². The smallest absolute Gasteiger partial charge is 0.150 e. The molecule has 0 aromatic rings.